The maximum Gasteiger partial charge on any atom is 0.490 e. The Morgan fingerprint density at radius 2 is 2.13 bits per heavy atom. The number of aliphatic carboxylic acids is 1. The molecule has 0 radical (unpaired) electrons. The van der Waals surface area contributed by atoms with Gasteiger partial charge >= 0.3 is 12.1 Å². The normalized spacial score (nSPS) is 11.4. The predicted octanol–water partition coefficient (Wildman–Crippen LogP) is 3.07. The molecule has 124 valence electrons. The molecule has 2 aromatic rings. The number of hydrogen-bond acceptors (Lipinski definition) is 7. The van der Waals surface area contributed by atoms with Crippen LogP contribution >= 0.6 is 23.6 Å². The van der Waals surface area contributed by atoms with Gasteiger partial charge in [0.15, 0.2) is 3.95 Å². The van der Waals surface area contributed by atoms with E-state index in [1.165, 1.54) is 11.3 Å². The van der Waals surface area contributed by atoms with Gasteiger partial charge < -0.3 is 5.11 Å². The lowest BCUT2D eigenvalue weighted by molar-refractivity contribution is -0.192. The number of carboxylic acids is 1. The van der Waals surface area contributed by atoms with Crippen molar-refractivity contribution in [3.63, 3.8) is 0 Å². The van der Waals surface area contributed by atoms with E-state index >= 15 is 0 Å². The van der Waals surface area contributed by atoms with Crippen molar-refractivity contribution < 1.29 is 23.1 Å². The number of alkyl halides is 3. The number of nitrogens with one attached hydrogen (secondary N) is 2. The summed E-state index contributed by atoms with van der Waals surface area (Å²) in [5.74, 6) is -2.76. The summed E-state index contributed by atoms with van der Waals surface area (Å²) in [6, 6.07) is 5.68. The molecule has 0 unspecified atom stereocenters. The first kappa shape index (κ1) is 18.7. The van der Waals surface area contributed by atoms with Crippen molar-refractivity contribution in [2.24, 2.45) is 5.10 Å². The molecule has 2 heterocycles. The Labute approximate surface area is 136 Å². The molecule has 0 fully saturated rings. The monoisotopic (exact) mass is 365 g/mol. The zero-order chi connectivity index (χ0) is 17.5. The second-order valence-corrected chi connectivity index (χ2v) is 5.41. The molecule has 0 aliphatic rings. The number of aromatic amines is 1. The molecule has 3 N–H and O–H groups in total. The minimum atomic E-state index is -5.08. The van der Waals surface area contributed by atoms with Crippen LogP contribution in [0.2, 0.25) is 0 Å². The summed E-state index contributed by atoms with van der Waals surface area (Å²) in [7, 11) is 0. The van der Waals surface area contributed by atoms with Gasteiger partial charge in [0, 0.05) is 6.20 Å². The van der Waals surface area contributed by atoms with Crippen LogP contribution in [0.3, 0.4) is 0 Å². The van der Waals surface area contributed by atoms with E-state index in [1.54, 1.807) is 6.20 Å². The quantitative estimate of drug-likeness (QED) is 0.439. The van der Waals surface area contributed by atoms with Gasteiger partial charge in [-0.25, -0.2) is 4.79 Å². The van der Waals surface area contributed by atoms with Crippen LogP contribution in [0.15, 0.2) is 29.5 Å². The Morgan fingerprint density at radius 3 is 2.57 bits per heavy atom. The summed E-state index contributed by atoms with van der Waals surface area (Å²) in [5, 5.41) is 18.5. The maximum atomic E-state index is 10.6. The standard InChI is InChI=1S/C9H9N5S2.C2HF3O2/c1-6(7-4-2-3-5-10-7)11-12-8-13-14-9(15)16-8;3-2(4,5)1(6)7/h2-5H,1H3,(H,12,13)(H,14,15);(H,6,7). The molecule has 2 rings (SSSR count). The summed E-state index contributed by atoms with van der Waals surface area (Å²) in [5.41, 5.74) is 4.44. The number of aromatic nitrogens is 3. The lowest BCUT2D eigenvalue weighted by Gasteiger charge is -1.98. The molecule has 0 aliphatic carbocycles. The molecule has 0 saturated heterocycles. The first-order valence-electron chi connectivity index (χ1n) is 5.77. The highest BCUT2D eigenvalue weighted by Crippen LogP contribution is 2.13. The summed E-state index contributed by atoms with van der Waals surface area (Å²) in [4.78, 5) is 13.1. The third kappa shape index (κ3) is 6.97. The topological polar surface area (TPSA) is 103 Å². The Balaban J connectivity index is 0.000000322. The summed E-state index contributed by atoms with van der Waals surface area (Å²) < 4.78 is 32.4. The van der Waals surface area contributed by atoms with Crippen molar-refractivity contribution in [1.82, 2.24) is 15.2 Å². The largest absolute Gasteiger partial charge is 0.490 e. The number of halogens is 3. The van der Waals surface area contributed by atoms with E-state index < -0.39 is 12.1 Å². The Morgan fingerprint density at radius 1 is 1.48 bits per heavy atom. The van der Waals surface area contributed by atoms with E-state index in [1.807, 2.05) is 25.1 Å². The van der Waals surface area contributed by atoms with E-state index in [9.17, 15) is 13.2 Å². The van der Waals surface area contributed by atoms with E-state index in [2.05, 4.69) is 25.7 Å². The Kier molecular flexibility index (Phi) is 6.78. The highest BCUT2D eigenvalue weighted by Gasteiger charge is 2.38. The second-order valence-electron chi connectivity index (χ2n) is 3.75. The van der Waals surface area contributed by atoms with Crippen LogP contribution in [0.1, 0.15) is 12.6 Å². The molecule has 12 heteroatoms. The average Bonchev–Trinajstić information content (AvgIpc) is 2.91. The molecule has 0 saturated carbocycles. The fourth-order valence-corrected chi connectivity index (χ4v) is 1.78. The number of pyridine rings is 1. The Bertz CT molecular complexity index is 727. The molecule has 7 nitrogen and oxygen atoms in total. The third-order valence-corrected chi connectivity index (χ3v) is 3.03. The van der Waals surface area contributed by atoms with Gasteiger partial charge in [-0.15, -0.1) is 5.10 Å². The Hall–Kier alpha value is -2.34. The minimum absolute atomic E-state index is 0.619. The van der Waals surface area contributed by atoms with Crippen LogP contribution in [0.5, 0.6) is 0 Å². The summed E-state index contributed by atoms with van der Waals surface area (Å²) in [6.45, 7) is 1.88. The molecule has 2 aromatic heterocycles. The highest BCUT2D eigenvalue weighted by molar-refractivity contribution is 7.73. The number of hydrazone groups is 1. The molecule has 0 bridgehead atoms. The van der Waals surface area contributed by atoms with Crippen LogP contribution in [-0.2, 0) is 4.79 Å². The average molecular weight is 365 g/mol. The number of anilines is 1. The van der Waals surface area contributed by atoms with Gasteiger partial charge in [0.2, 0.25) is 5.13 Å². The molecule has 0 atom stereocenters. The fourth-order valence-electron chi connectivity index (χ4n) is 1.04. The van der Waals surface area contributed by atoms with Crippen LogP contribution in [0, 0.1) is 3.95 Å². The highest BCUT2D eigenvalue weighted by atomic mass is 32.1. The minimum Gasteiger partial charge on any atom is -0.475 e. The second kappa shape index (κ2) is 8.33. The van der Waals surface area contributed by atoms with Crippen molar-refractivity contribution in [1.29, 1.82) is 0 Å². The zero-order valence-electron chi connectivity index (χ0n) is 11.5. The summed E-state index contributed by atoms with van der Waals surface area (Å²) >= 11 is 6.24. The molecular weight excluding hydrogens is 355 g/mol. The van der Waals surface area contributed by atoms with Gasteiger partial charge in [0.25, 0.3) is 0 Å². The lowest BCUT2D eigenvalue weighted by Crippen LogP contribution is -2.21. The zero-order valence-corrected chi connectivity index (χ0v) is 13.1. The number of hydrogen-bond donors (Lipinski definition) is 3. The SMILES string of the molecule is CC(=NNc1n[nH]c(=S)s1)c1ccccn1.O=C(O)C(F)(F)F. The van der Waals surface area contributed by atoms with Crippen molar-refractivity contribution in [3.05, 3.63) is 34.0 Å². The molecule has 23 heavy (non-hydrogen) atoms. The molecule has 0 aliphatic heterocycles. The maximum absolute atomic E-state index is 10.6. The van der Waals surface area contributed by atoms with Gasteiger partial charge in [0.05, 0.1) is 11.4 Å². The first-order chi connectivity index (χ1) is 10.7. The van der Waals surface area contributed by atoms with E-state index in [0.29, 0.717) is 9.09 Å². The first-order valence-corrected chi connectivity index (χ1v) is 7.00. The lowest BCUT2D eigenvalue weighted by atomic mass is 10.3. The summed E-state index contributed by atoms with van der Waals surface area (Å²) in [6.07, 6.45) is -3.35. The van der Waals surface area contributed by atoms with Crippen LogP contribution in [0.4, 0.5) is 18.3 Å². The van der Waals surface area contributed by atoms with Gasteiger partial charge in [-0.05, 0) is 31.3 Å². The van der Waals surface area contributed by atoms with Crippen molar-refractivity contribution in [2.45, 2.75) is 13.1 Å². The fraction of sp³-hybridized carbons (Fsp3) is 0.182. The van der Waals surface area contributed by atoms with Gasteiger partial charge in [-0.1, -0.05) is 17.4 Å². The molecule has 0 spiro atoms. The number of H-pyrrole nitrogens is 1. The molecule has 0 amide bonds. The van der Waals surface area contributed by atoms with E-state index in [4.69, 9.17) is 22.1 Å². The van der Waals surface area contributed by atoms with Crippen LogP contribution in [-0.4, -0.2) is 38.1 Å². The van der Waals surface area contributed by atoms with Gasteiger partial charge in [-0.3, -0.25) is 15.5 Å². The molecular formula is C11H10F3N5O2S2. The van der Waals surface area contributed by atoms with Crippen LogP contribution in [0.25, 0.3) is 0 Å². The van der Waals surface area contributed by atoms with Crippen molar-refractivity contribution in [3.8, 4) is 0 Å². The van der Waals surface area contributed by atoms with Crippen LogP contribution < -0.4 is 5.43 Å². The van der Waals surface area contributed by atoms with E-state index in [0.717, 1.165) is 11.4 Å². The smallest absolute Gasteiger partial charge is 0.475 e. The van der Waals surface area contributed by atoms with E-state index in [-0.39, 0.29) is 0 Å². The number of rotatable bonds is 3. The predicted molar refractivity (Wildman–Crippen MR) is 81.1 cm³/mol. The van der Waals surface area contributed by atoms with Gasteiger partial charge in [-0.2, -0.15) is 18.3 Å². The molecule has 0 aromatic carbocycles. The third-order valence-electron chi connectivity index (χ3n) is 2.04. The number of carboxylic acid groups (broad SMARTS) is 1. The number of nitrogens with zero attached hydrogens (tertiary/aromatic N) is 3. The van der Waals surface area contributed by atoms with Crippen molar-refractivity contribution in [2.75, 3.05) is 5.43 Å². The van der Waals surface area contributed by atoms with Crippen molar-refractivity contribution >= 4 is 40.4 Å². The van der Waals surface area contributed by atoms with Gasteiger partial charge in [0.1, 0.15) is 0 Å². The number of carbonyl (C=O) groups is 1.